The van der Waals surface area contributed by atoms with Crippen molar-refractivity contribution in [2.45, 2.75) is 56.3 Å². The third-order valence-electron chi connectivity index (χ3n) is 8.53. The Morgan fingerprint density at radius 1 is 0.947 bits per heavy atom. The summed E-state index contributed by atoms with van der Waals surface area (Å²) in [7, 11) is 0. The summed E-state index contributed by atoms with van der Waals surface area (Å²) in [5.74, 6) is -2.34. The lowest BCUT2D eigenvalue weighted by molar-refractivity contribution is -0.154. The molecule has 38 heavy (non-hydrogen) atoms. The fraction of sp³-hybridized carbons (Fsp3) is 0.750. The highest BCUT2D eigenvalue weighted by Crippen LogP contribution is 2.53. The molecule has 3 fully saturated rings. The summed E-state index contributed by atoms with van der Waals surface area (Å²) in [6.07, 6.45) is 11.7. The van der Waals surface area contributed by atoms with E-state index in [2.05, 4.69) is 4.90 Å². The molecule has 2 unspecified atom stereocenters. The predicted octanol–water partition coefficient (Wildman–Crippen LogP) is 0.744. The largest absolute Gasteiger partial charge is 0.465 e. The lowest BCUT2D eigenvalue weighted by Gasteiger charge is -2.36. The minimum absolute atomic E-state index is 0.127. The maximum Gasteiger partial charge on any atom is 0.312 e. The van der Waals surface area contributed by atoms with Crippen LogP contribution in [0.4, 0.5) is 0 Å². The van der Waals surface area contributed by atoms with Crippen LogP contribution in [-0.2, 0) is 28.6 Å². The molecule has 5 heterocycles. The second-order valence-electron chi connectivity index (χ2n) is 10.9. The molecule has 0 aromatic rings. The van der Waals surface area contributed by atoms with Crippen LogP contribution in [0.15, 0.2) is 24.3 Å². The van der Waals surface area contributed by atoms with Crippen molar-refractivity contribution in [3.63, 3.8) is 0 Å². The quantitative estimate of drug-likeness (QED) is 0.264. The second-order valence-corrected chi connectivity index (χ2v) is 10.9. The first-order valence-corrected chi connectivity index (χ1v) is 14.3. The zero-order valence-corrected chi connectivity index (χ0v) is 22.2. The molecule has 0 aliphatic carbocycles. The van der Waals surface area contributed by atoms with Gasteiger partial charge in [0.1, 0.15) is 17.6 Å². The van der Waals surface area contributed by atoms with Gasteiger partial charge in [-0.25, -0.2) is 0 Å². The summed E-state index contributed by atoms with van der Waals surface area (Å²) in [6, 6.07) is -0.821. The second kappa shape index (κ2) is 12.3. The van der Waals surface area contributed by atoms with E-state index >= 15 is 0 Å². The lowest BCUT2D eigenvalue weighted by atomic mass is 9.78. The molecule has 3 saturated heterocycles. The molecule has 10 heteroatoms. The average molecular weight is 532 g/mol. The monoisotopic (exact) mass is 531 g/mol. The first kappa shape index (κ1) is 27.3. The SMILES string of the molecule is O=C1OCCC/C=C\[C@H]2OC34C=CCN(CCN5CCOCC5)C(=O)[C@H]3N(CCCCCCO)C(=O)[C@@H]4C12. The number of likely N-dealkylation sites (tertiary alicyclic amines) is 1. The minimum atomic E-state index is -1.20. The van der Waals surface area contributed by atoms with Crippen LogP contribution in [0.1, 0.15) is 38.5 Å². The number of fused-ring (bicyclic) bond motifs is 2. The number of nitrogens with zero attached hydrogens (tertiary/aromatic N) is 3. The van der Waals surface area contributed by atoms with E-state index in [-0.39, 0.29) is 18.4 Å². The highest BCUT2D eigenvalue weighted by molar-refractivity contribution is 5.99. The van der Waals surface area contributed by atoms with Crippen molar-refractivity contribution in [2.75, 3.05) is 65.7 Å². The van der Waals surface area contributed by atoms with Crippen LogP contribution in [0.5, 0.6) is 0 Å². The number of carbonyl (C=O) groups is 3. The zero-order valence-electron chi connectivity index (χ0n) is 22.2. The summed E-state index contributed by atoms with van der Waals surface area (Å²) in [6.45, 7) is 5.66. The first-order valence-electron chi connectivity index (χ1n) is 14.3. The molecular formula is C28H41N3O7. The molecule has 5 aliphatic heterocycles. The number of aliphatic hydroxyl groups is 1. The van der Waals surface area contributed by atoms with Gasteiger partial charge in [0.2, 0.25) is 11.8 Å². The minimum Gasteiger partial charge on any atom is -0.465 e. The molecule has 0 bridgehead atoms. The van der Waals surface area contributed by atoms with Gasteiger partial charge in [0.25, 0.3) is 0 Å². The van der Waals surface area contributed by atoms with E-state index in [4.69, 9.17) is 19.3 Å². The number of rotatable bonds is 9. The highest BCUT2D eigenvalue weighted by atomic mass is 16.6. The molecule has 1 spiro atoms. The van der Waals surface area contributed by atoms with Crippen molar-refractivity contribution in [3.05, 3.63) is 24.3 Å². The number of amides is 2. The Bertz CT molecular complexity index is 933. The van der Waals surface area contributed by atoms with E-state index in [0.29, 0.717) is 52.3 Å². The highest BCUT2D eigenvalue weighted by Gasteiger charge is 2.71. The molecule has 2 amide bonds. The van der Waals surface area contributed by atoms with E-state index in [1.807, 2.05) is 29.2 Å². The van der Waals surface area contributed by atoms with Gasteiger partial charge in [0, 0.05) is 45.9 Å². The summed E-state index contributed by atoms with van der Waals surface area (Å²) in [4.78, 5) is 47.3. The van der Waals surface area contributed by atoms with Gasteiger partial charge < -0.3 is 29.1 Å². The van der Waals surface area contributed by atoms with Crippen LogP contribution in [0.3, 0.4) is 0 Å². The third-order valence-corrected chi connectivity index (χ3v) is 8.53. The summed E-state index contributed by atoms with van der Waals surface area (Å²) < 4.78 is 17.7. The van der Waals surface area contributed by atoms with Crippen LogP contribution < -0.4 is 0 Å². The van der Waals surface area contributed by atoms with Crippen molar-refractivity contribution in [1.82, 2.24) is 14.7 Å². The van der Waals surface area contributed by atoms with Crippen LogP contribution >= 0.6 is 0 Å². The van der Waals surface area contributed by atoms with E-state index in [1.165, 1.54) is 0 Å². The van der Waals surface area contributed by atoms with Gasteiger partial charge in [-0.15, -0.1) is 0 Å². The summed E-state index contributed by atoms with van der Waals surface area (Å²) >= 11 is 0. The van der Waals surface area contributed by atoms with E-state index < -0.39 is 35.6 Å². The molecule has 10 nitrogen and oxygen atoms in total. The van der Waals surface area contributed by atoms with Gasteiger partial charge in [-0.2, -0.15) is 0 Å². The van der Waals surface area contributed by atoms with Crippen LogP contribution in [0.25, 0.3) is 0 Å². The molecule has 5 rings (SSSR count). The Morgan fingerprint density at radius 3 is 2.58 bits per heavy atom. The molecule has 0 saturated carbocycles. The van der Waals surface area contributed by atoms with Gasteiger partial charge in [-0.3, -0.25) is 19.3 Å². The maximum absolute atomic E-state index is 14.2. The number of aliphatic hydroxyl groups excluding tert-OH is 1. The Labute approximate surface area is 224 Å². The smallest absolute Gasteiger partial charge is 0.312 e. The molecule has 5 aliphatic rings. The normalized spacial score (nSPS) is 34.6. The predicted molar refractivity (Wildman–Crippen MR) is 138 cm³/mol. The van der Waals surface area contributed by atoms with Crippen molar-refractivity contribution < 1.29 is 33.7 Å². The summed E-state index contributed by atoms with van der Waals surface area (Å²) in [5.41, 5.74) is -1.20. The number of hydrogen-bond donors (Lipinski definition) is 1. The Kier molecular flexibility index (Phi) is 8.82. The van der Waals surface area contributed by atoms with Crippen molar-refractivity contribution in [2.24, 2.45) is 11.8 Å². The number of hydrogen-bond acceptors (Lipinski definition) is 8. The Balaban J connectivity index is 1.42. The summed E-state index contributed by atoms with van der Waals surface area (Å²) in [5, 5.41) is 9.12. The molecule has 1 N–H and O–H groups in total. The number of carbonyl (C=O) groups excluding carboxylic acids is 3. The van der Waals surface area contributed by atoms with Gasteiger partial charge in [0.05, 0.1) is 31.8 Å². The van der Waals surface area contributed by atoms with Crippen LogP contribution in [0.2, 0.25) is 0 Å². The fourth-order valence-electron chi connectivity index (χ4n) is 6.58. The Morgan fingerprint density at radius 2 is 1.76 bits per heavy atom. The average Bonchev–Trinajstić information content (AvgIpc) is 3.33. The zero-order chi connectivity index (χ0) is 26.5. The number of cyclic esters (lactones) is 1. The van der Waals surface area contributed by atoms with E-state index in [9.17, 15) is 14.4 Å². The number of esters is 1. The van der Waals surface area contributed by atoms with E-state index in [1.54, 1.807) is 4.90 Å². The number of unbranched alkanes of at least 4 members (excludes halogenated alkanes) is 3. The van der Waals surface area contributed by atoms with Gasteiger partial charge >= 0.3 is 5.97 Å². The van der Waals surface area contributed by atoms with Gasteiger partial charge in [0.15, 0.2) is 0 Å². The molecule has 0 aromatic heterocycles. The van der Waals surface area contributed by atoms with Gasteiger partial charge in [-0.05, 0) is 25.7 Å². The number of morpholine rings is 1. The Hall–Kier alpha value is -2.27. The van der Waals surface area contributed by atoms with Crippen molar-refractivity contribution >= 4 is 17.8 Å². The number of ether oxygens (including phenoxy) is 3. The maximum atomic E-state index is 14.2. The molecule has 0 radical (unpaired) electrons. The van der Waals surface area contributed by atoms with Crippen LogP contribution in [-0.4, -0.2) is 121 Å². The standard InChI is InChI=1S/C28H41N3O7/c32-17-6-2-1-5-12-31-24-26(34)30(14-13-29-15-19-36-20-16-29)11-8-10-28(24)23(25(31)33)22-21(38-28)9-4-3-7-18-37-27(22)35/h4,8-10,21-24,32H,1-3,5-7,11-20H2/b9-4-/t21-,22?,23+,24-,28?/m1/s1. The molecule has 210 valence electrons. The molecular weight excluding hydrogens is 490 g/mol. The van der Waals surface area contributed by atoms with Crippen molar-refractivity contribution in [3.8, 4) is 0 Å². The third kappa shape index (κ3) is 5.28. The molecule has 0 aromatic carbocycles. The molecule has 5 atom stereocenters. The fourth-order valence-corrected chi connectivity index (χ4v) is 6.58. The van der Waals surface area contributed by atoms with Crippen LogP contribution in [0, 0.1) is 11.8 Å². The van der Waals surface area contributed by atoms with Gasteiger partial charge in [-0.1, -0.05) is 37.1 Å². The first-order chi connectivity index (χ1) is 18.6. The lowest BCUT2D eigenvalue weighted by Crippen LogP contribution is -2.56. The topological polar surface area (TPSA) is 109 Å². The van der Waals surface area contributed by atoms with E-state index in [0.717, 1.165) is 45.3 Å². The van der Waals surface area contributed by atoms with Crippen molar-refractivity contribution in [1.29, 1.82) is 0 Å². The number of allylic oxidation sites excluding steroid dienone is 1.